The smallest absolute Gasteiger partial charge is 0.329 e. The highest BCUT2D eigenvalue weighted by Gasteiger charge is 2.33. The average Bonchev–Trinajstić information content (AvgIpc) is 3.94. The predicted molar refractivity (Wildman–Crippen MR) is 231 cm³/mol. The third-order valence-corrected chi connectivity index (χ3v) is 12.8. The highest BCUT2D eigenvalue weighted by molar-refractivity contribution is 6.08. The molecule has 0 spiro atoms. The standard InChI is InChI=1S/C44H57F2N11O6/c1-44(2,62)18-19-47-35-17-22-55-40(50-35)31(24-48-55)41(59)49-32-26-56(52-37(32)39(45)46)29-11-9-27(10-12-29)25-54-20-15-30(16-21-54)63-23-5-7-28-6-4-8-33-38(28)53(3)43(61)57(33)34-13-14-36(58)51-42(34)60/h4,6,8,17,22,24,26-27,29-30,34,39,62H,5,7,9-16,18-21,23,25H2,1-3H3,(H,47,50)(H,49,59)(H,51,58,60). The van der Waals surface area contributed by atoms with Gasteiger partial charge in [-0.1, -0.05) is 12.1 Å². The topological polar surface area (TPSA) is 195 Å². The fourth-order valence-electron chi connectivity index (χ4n) is 9.34. The van der Waals surface area contributed by atoms with Crippen LogP contribution in [-0.4, -0.2) is 106 Å². The highest BCUT2D eigenvalue weighted by atomic mass is 19.3. The van der Waals surface area contributed by atoms with Gasteiger partial charge < -0.3 is 25.4 Å². The summed E-state index contributed by atoms with van der Waals surface area (Å²) in [6.07, 6.45) is 9.67. The monoisotopic (exact) mass is 873 g/mol. The Bertz CT molecular complexity index is 2510. The van der Waals surface area contributed by atoms with Gasteiger partial charge in [0.1, 0.15) is 17.4 Å². The van der Waals surface area contributed by atoms with E-state index < -0.39 is 35.6 Å². The maximum atomic E-state index is 14.2. The van der Waals surface area contributed by atoms with Crippen molar-refractivity contribution in [1.29, 1.82) is 0 Å². The minimum Gasteiger partial charge on any atom is -0.390 e. The molecule has 63 heavy (non-hydrogen) atoms. The van der Waals surface area contributed by atoms with Gasteiger partial charge in [0.15, 0.2) is 11.3 Å². The molecule has 6 heterocycles. The van der Waals surface area contributed by atoms with Gasteiger partial charge in [0.25, 0.3) is 12.3 Å². The molecule has 0 radical (unpaired) electrons. The molecule has 3 aliphatic rings. The highest BCUT2D eigenvalue weighted by Crippen LogP contribution is 2.36. The molecule has 5 aromatic rings. The first kappa shape index (κ1) is 44.1. The Labute approximate surface area is 363 Å². The third-order valence-electron chi connectivity index (χ3n) is 12.8. The third kappa shape index (κ3) is 10.00. The molecule has 1 atom stereocenters. The molecule has 0 bridgehead atoms. The number of anilines is 2. The van der Waals surface area contributed by atoms with Crippen molar-refractivity contribution in [3.05, 3.63) is 70.2 Å². The number of hydrogen-bond acceptors (Lipinski definition) is 11. The fourth-order valence-corrected chi connectivity index (χ4v) is 9.34. The molecular formula is C44H57F2N11O6. The summed E-state index contributed by atoms with van der Waals surface area (Å²) in [4.78, 5) is 58.0. The van der Waals surface area contributed by atoms with E-state index in [9.17, 15) is 33.1 Å². The number of aryl methyl sites for hydroxylation is 2. The zero-order valence-corrected chi connectivity index (χ0v) is 36.1. The second kappa shape index (κ2) is 18.7. The van der Waals surface area contributed by atoms with Crippen LogP contribution in [0, 0.1) is 5.92 Å². The van der Waals surface area contributed by atoms with E-state index in [1.54, 1.807) is 42.4 Å². The largest absolute Gasteiger partial charge is 0.390 e. The van der Waals surface area contributed by atoms with Crippen molar-refractivity contribution in [3.8, 4) is 0 Å². The summed E-state index contributed by atoms with van der Waals surface area (Å²) in [5.41, 5.74) is 1.27. The van der Waals surface area contributed by atoms with Crippen LogP contribution in [0.3, 0.4) is 0 Å². The van der Waals surface area contributed by atoms with Crippen LogP contribution in [0.2, 0.25) is 0 Å². The first-order valence-electron chi connectivity index (χ1n) is 22.1. The number of rotatable bonds is 16. The lowest BCUT2D eigenvalue weighted by atomic mass is 9.85. The average molecular weight is 874 g/mol. The molecule has 1 aromatic carbocycles. The van der Waals surface area contributed by atoms with Crippen molar-refractivity contribution >= 4 is 45.9 Å². The number of aromatic nitrogens is 7. The molecule has 8 rings (SSSR count). The number of nitrogens with zero attached hydrogens (tertiary/aromatic N) is 8. The van der Waals surface area contributed by atoms with Gasteiger partial charge in [0.05, 0.1) is 40.7 Å². The molecule has 1 saturated carbocycles. The normalized spacial score (nSPS) is 20.5. The van der Waals surface area contributed by atoms with E-state index in [1.807, 2.05) is 18.2 Å². The Morgan fingerprint density at radius 3 is 2.57 bits per heavy atom. The minimum absolute atomic E-state index is 0.0351. The van der Waals surface area contributed by atoms with E-state index in [2.05, 4.69) is 36.0 Å². The summed E-state index contributed by atoms with van der Waals surface area (Å²) < 4.78 is 40.9. The number of hydrogen-bond donors (Lipinski definition) is 4. The predicted octanol–water partition coefficient (Wildman–Crippen LogP) is 5.16. The lowest BCUT2D eigenvalue weighted by Crippen LogP contribution is -2.44. The van der Waals surface area contributed by atoms with Gasteiger partial charge in [-0.15, -0.1) is 0 Å². The van der Waals surface area contributed by atoms with Crippen molar-refractivity contribution in [1.82, 2.24) is 43.7 Å². The summed E-state index contributed by atoms with van der Waals surface area (Å²) in [5.74, 6) is -0.397. The number of carbonyl (C=O) groups is 3. The Kier molecular flexibility index (Phi) is 13.1. The van der Waals surface area contributed by atoms with Crippen molar-refractivity contribution in [2.75, 3.05) is 43.4 Å². The maximum absolute atomic E-state index is 14.2. The van der Waals surface area contributed by atoms with E-state index in [0.29, 0.717) is 43.2 Å². The Hall–Kier alpha value is -5.53. The molecule has 1 unspecified atom stereocenters. The molecule has 2 saturated heterocycles. The first-order chi connectivity index (χ1) is 30.2. The van der Waals surface area contributed by atoms with E-state index in [4.69, 9.17) is 4.74 Å². The molecule has 4 N–H and O–H groups in total. The van der Waals surface area contributed by atoms with Crippen molar-refractivity contribution in [2.45, 2.75) is 115 Å². The van der Waals surface area contributed by atoms with Gasteiger partial charge in [-0.25, -0.2) is 23.1 Å². The Morgan fingerprint density at radius 1 is 1.06 bits per heavy atom. The van der Waals surface area contributed by atoms with Crippen LogP contribution in [0.15, 0.2) is 47.7 Å². The van der Waals surface area contributed by atoms with Gasteiger partial charge in [-0.3, -0.25) is 33.5 Å². The molecule has 3 fully saturated rings. The second-order valence-electron chi connectivity index (χ2n) is 17.9. The van der Waals surface area contributed by atoms with E-state index in [-0.39, 0.29) is 47.1 Å². The van der Waals surface area contributed by atoms with Crippen LogP contribution < -0.4 is 21.6 Å². The summed E-state index contributed by atoms with van der Waals surface area (Å²) in [6, 6.07) is 6.70. The summed E-state index contributed by atoms with van der Waals surface area (Å²) in [7, 11) is 1.72. The number of carbonyl (C=O) groups excluding carboxylic acids is 3. The number of para-hydroxylation sites is 1. The Morgan fingerprint density at radius 2 is 1.84 bits per heavy atom. The van der Waals surface area contributed by atoms with Crippen molar-refractivity contribution in [2.24, 2.45) is 13.0 Å². The maximum Gasteiger partial charge on any atom is 0.329 e. The molecule has 17 nitrogen and oxygen atoms in total. The zero-order chi connectivity index (χ0) is 44.4. The molecule has 3 amide bonds. The molecule has 338 valence electrons. The first-order valence-corrected chi connectivity index (χ1v) is 22.1. The van der Waals surface area contributed by atoms with E-state index in [0.717, 1.165) is 82.1 Å². The number of nitrogens with one attached hydrogen (secondary N) is 3. The summed E-state index contributed by atoms with van der Waals surface area (Å²) in [5, 5.41) is 26.6. The number of ether oxygens (including phenoxy) is 1. The van der Waals surface area contributed by atoms with Crippen molar-refractivity contribution in [3.63, 3.8) is 0 Å². The zero-order valence-electron chi connectivity index (χ0n) is 36.1. The molecule has 2 aliphatic heterocycles. The van der Waals surface area contributed by atoms with Gasteiger partial charge in [-0.05, 0) is 102 Å². The number of benzene rings is 1. The number of aliphatic hydroxyl groups is 1. The number of alkyl halides is 2. The van der Waals surface area contributed by atoms with Gasteiger partial charge in [0, 0.05) is 58.6 Å². The van der Waals surface area contributed by atoms with Crippen LogP contribution >= 0.6 is 0 Å². The molecule has 19 heteroatoms. The van der Waals surface area contributed by atoms with Crippen molar-refractivity contribution < 1.29 is 33.0 Å². The Balaban J connectivity index is 0.782. The SMILES string of the molecule is Cn1c(=O)n(C2CCC(=O)NC2=O)c2cccc(CCCOC3CCN(CC4CCC(n5cc(NC(=O)c6cnn7ccc(NCCC(C)(C)O)nc67)c(C(F)F)n5)CC4)CC3)c21. The summed E-state index contributed by atoms with van der Waals surface area (Å²) >= 11 is 0. The lowest BCUT2D eigenvalue weighted by molar-refractivity contribution is -0.135. The number of imide groups is 1. The molecule has 1 aliphatic carbocycles. The lowest BCUT2D eigenvalue weighted by Gasteiger charge is -2.36. The number of piperidine rings is 2. The van der Waals surface area contributed by atoms with Gasteiger partial charge >= 0.3 is 5.69 Å². The van der Waals surface area contributed by atoms with Crippen LogP contribution in [0.5, 0.6) is 0 Å². The number of amides is 3. The minimum atomic E-state index is -2.88. The van der Waals surface area contributed by atoms with Crippen LogP contribution in [-0.2, 0) is 27.8 Å². The number of imidazole rings is 1. The van der Waals surface area contributed by atoms with E-state index in [1.165, 1.54) is 21.5 Å². The second-order valence-corrected chi connectivity index (χ2v) is 17.9. The number of likely N-dealkylation sites (tertiary alicyclic amines) is 1. The van der Waals surface area contributed by atoms with Gasteiger partial charge in [-0.2, -0.15) is 10.2 Å². The number of halogens is 2. The van der Waals surface area contributed by atoms with Crippen LogP contribution in [0.25, 0.3) is 16.7 Å². The van der Waals surface area contributed by atoms with Gasteiger partial charge in [0.2, 0.25) is 11.8 Å². The number of fused-ring (bicyclic) bond motifs is 2. The molecule has 4 aromatic heterocycles. The van der Waals surface area contributed by atoms with Crippen LogP contribution in [0.1, 0.15) is 118 Å². The summed E-state index contributed by atoms with van der Waals surface area (Å²) in [6.45, 7) is 7.36. The quantitative estimate of drug-likeness (QED) is 0.0756. The van der Waals surface area contributed by atoms with E-state index >= 15 is 0 Å². The van der Waals surface area contributed by atoms with Crippen LogP contribution in [0.4, 0.5) is 20.3 Å². The fraction of sp³-hybridized carbons (Fsp3) is 0.568. The molecular weight excluding hydrogens is 817 g/mol.